The molecule has 0 radical (unpaired) electrons. The van der Waals surface area contributed by atoms with E-state index in [1.54, 1.807) is 18.2 Å². The van der Waals surface area contributed by atoms with Gasteiger partial charge in [-0.3, -0.25) is 0 Å². The molecule has 0 heterocycles. The van der Waals surface area contributed by atoms with E-state index in [4.69, 9.17) is 23.2 Å². The van der Waals surface area contributed by atoms with Crippen molar-refractivity contribution < 1.29 is 4.39 Å². The molecule has 5 heteroatoms. The van der Waals surface area contributed by atoms with E-state index in [-0.39, 0.29) is 11.5 Å². The van der Waals surface area contributed by atoms with Gasteiger partial charge in [0.15, 0.2) is 0 Å². The summed E-state index contributed by atoms with van der Waals surface area (Å²) in [7, 11) is 0. The Morgan fingerprint density at radius 2 is 1.89 bits per heavy atom. The standard InChI is InChI=1S/C13H9BrCl2FN/c14-9-5-4-8(11(16)6-9)7-18-13-10(15)2-1-3-12(13)17/h1-6,18H,7H2. The molecule has 94 valence electrons. The quantitative estimate of drug-likeness (QED) is 0.771. The first-order valence-corrected chi connectivity index (χ1v) is 6.74. The molecule has 2 aromatic rings. The molecule has 0 saturated carbocycles. The van der Waals surface area contributed by atoms with Gasteiger partial charge in [-0.05, 0) is 29.8 Å². The topological polar surface area (TPSA) is 12.0 Å². The minimum absolute atomic E-state index is 0.290. The smallest absolute Gasteiger partial charge is 0.147 e. The van der Waals surface area contributed by atoms with Gasteiger partial charge in [0.25, 0.3) is 0 Å². The maximum Gasteiger partial charge on any atom is 0.147 e. The van der Waals surface area contributed by atoms with Gasteiger partial charge in [0.1, 0.15) is 5.82 Å². The van der Waals surface area contributed by atoms with Gasteiger partial charge < -0.3 is 5.32 Å². The Balaban J connectivity index is 2.16. The summed E-state index contributed by atoms with van der Waals surface area (Å²) < 4.78 is 14.4. The van der Waals surface area contributed by atoms with Crippen LogP contribution in [0.25, 0.3) is 0 Å². The molecule has 1 nitrogen and oxygen atoms in total. The molecule has 0 atom stereocenters. The summed E-state index contributed by atoms with van der Waals surface area (Å²) >= 11 is 15.3. The lowest BCUT2D eigenvalue weighted by Crippen LogP contribution is -2.02. The van der Waals surface area contributed by atoms with Crippen LogP contribution in [0.5, 0.6) is 0 Å². The Labute approximate surface area is 123 Å². The van der Waals surface area contributed by atoms with E-state index in [1.165, 1.54) is 6.07 Å². The SMILES string of the molecule is Fc1cccc(Cl)c1NCc1ccc(Br)cc1Cl. The Morgan fingerprint density at radius 1 is 1.11 bits per heavy atom. The van der Waals surface area contributed by atoms with Crippen LogP contribution in [-0.2, 0) is 6.54 Å². The molecule has 0 aliphatic rings. The lowest BCUT2D eigenvalue weighted by atomic mass is 10.2. The zero-order valence-corrected chi connectivity index (χ0v) is 12.3. The number of benzene rings is 2. The van der Waals surface area contributed by atoms with Gasteiger partial charge in [0.2, 0.25) is 0 Å². The van der Waals surface area contributed by atoms with Gasteiger partial charge in [0, 0.05) is 16.0 Å². The molecule has 0 unspecified atom stereocenters. The molecule has 0 saturated heterocycles. The molecule has 0 aromatic heterocycles. The van der Waals surface area contributed by atoms with Gasteiger partial charge in [0.05, 0.1) is 10.7 Å². The second-order valence-electron chi connectivity index (χ2n) is 3.69. The molecule has 0 aliphatic carbocycles. The maximum atomic E-state index is 13.5. The lowest BCUT2D eigenvalue weighted by molar-refractivity contribution is 0.630. The van der Waals surface area contributed by atoms with E-state index in [0.717, 1.165) is 10.0 Å². The Hall–Kier alpha value is -0.770. The molecule has 2 aromatic carbocycles. The molecule has 0 spiro atoms. The molecule has 18 heavy (non-hydrogen) atoms. The molecule has 0 aliphatic heterocycles. The van der Waals surface area contributed by atoms with Crippen LogP contribution in [0.3, 0.4) is 0 Å². The lowest BCUT2D eigenvalue weighted by Gasteiger charge is -2.10. The summed E-state index contributed by atoms with van der Waals surface area (Å²) in [6, 6.07) is 10.1. The van der Waals surface area contributed by atoms with E-state index >= 15 is 0 Å². The minimum Gasteiger partial charge on any atom is -0.377 e. The summed E-state index contributed by atoms with van der Waals surface area (Å²) in [4.78, 5) is 0. The first-order valence-electron chi connectivity index (χ1n) is 5.20. The Morgan fingerprint density at radius 3 is 2.56 bits per heavy atom. The number of para-hydroxylation sites is 1. The predicted octanol–water partition coefficient (Wildman–Crippen LogP) is 5.51. The number of hydrogen-bond acceptors (Lipinski definition) is 1. The first-order chi connectivity index (χ1) is 8.58. The summed E-state index contributed by atoms with van der Waals surface area (Å²) in [6.07, 6.45) is 0. The minimum atomic E-state index is -0.379. The fraction of sp³-hybridized carbons (Fsp3) is 0.0769. The number of rotatable bonds is 3. The highest BCUT2D eigenvalue weighted by Crippen LogP contribution is 2.27. The fourth-order valence-corrected chi connectivity index (χ4v) is 2.49. The van der Waals surface area contributed by atoms with Gasteiger partial charge in [-0.15, -0.1) is 0 Å². The van der Waals surface area contributed by atoms with E-state index in [2.05, 4.69) is 21.2 Å². The zero-order valence-electron chi connectivity index (χ0n) is 9.18. The largest absolute Gasteiger partial charge is 0.377 e. The van der Waals surface area contributed by atoms with Crippen LogP contribution < -0.4 is 5.32 Å². The van der Waals surface area contributed by atoms with Gasteiger partial charge in [-0.25, -0.2) is 4.39 Å². The van der Waals surface area contributed by atoms with Crippen molar-refractivity contribution in [3.05, 3.63) is 62.3 Å². The van der Waals surface area contributed by atoms with E-state index in [9.17, 15) is 4.39 Å². The molecule has 0 fully saturated rings. The van der Waals surface area contributed by atoms with Crippen molar-refractivity contribution in [3.63, 3.8) is 0 Å². The van der Waals surface area contributed by atoms with Crippen LogP contribution in [-0.4, -0.2) is 0 Å². The van der Waals surface area contributed by atoms with Crippen molar-refractivity contribution in [2.45, 2.75) is 6.54 Å². The highest BCUT2D eigenvalue weighted by atomic mass is 79.9. The van der Waals surface area contributed by atoms with E-state index < -0.39 is 0 Å². The molecule has 0 bridgehead atoms. The average molecular weight is 349 g/mol. The van der Waals surface area contributed by atoms with Crippen molar-refractivity contribution in [2.75, 3.05) is 5.32 Å². The second kappa shape index (κ2) is 5.91. The van der Waals surface area contributed by atoms with Crippen molar-refractivity contribution in [3.8, 4) is 0 Å². The Kier molecular flexibility index (Phi) is 4.49. The number of hydrogen-bond donors (Lipinski definition) is 1. The van der Waals surface area contributed by atoms with Crippen molar-refractivity contribution in [1.29, 1.82) is 0 Å². The van der Waals surface area contributed by atoms with Crippen molar-refractivity contribution in [1.82, 2.24) is 0 Å². The summed E-state index contributed by atoms with van der Waals surface area (Å²) in [6.45, 7) is 0.409. The number of halogens is 4. The monoisotopic (exact) mass is 347 g/mol. The van der Waals surface area contributed by atoms with Gasteiger partial charge in [-0.2, -0.15) is 0 Å². The third kappa shape index (κ3) is 3.16. The Bertz CT molecular complexity index is 555. The summed E-state index contributed by atoms with van der Waals surface area (Å²) in [5.74, 6) is -0.379. The van der Waals surface area contributed by atoms with Crippen LogP contribution in [0.2, 0.25) is 10.0 Å². The third-order valence-corrected chi connectivity index (χ3v) is 3.59. The van der Waals surface area contributed by atoms with Crippen LogP contribution >= 0.6 is 39.1 Å². The van der Waals surface area contributed by atoms with Crippen molar-refractivity contribution >= 4 is 44.8 Å². The maximum absolute atomic E-state index is 13.5. The van der Waals surface area contributed by atoms with Gasteiger partial charge >= 0.3 is 0 Å². The van der Waals surface area contributed by atoms with Crippen molar-refractivity contribution in [2.24, 2.45) is 0 Å². The summed E-state index contributed by atoms with van der Waals surface area (Å²) in [5, 5.41) is 3.92. The zero-order chi connectivity index (χ0) is 13.1. The highest BCUT2D eigenvalue weighted by Gasteiger charge is 2.07. The number of anilines is 1. The second-order valence-corrected chi connectivity index (χ2v) is 5.42. The molecule has 1 N–H and O–H groups in total. The van der Waals surface area contributed by atoms with E-state index in [0.29, 0.717) is 16.6 Å². The van der Waals surface area contributed by atoms with Gasteiger partial charge in [-0.1, -0.05) is 51.3 Å². The van der Waals surface area contributed by atoms with Crippen LogP contribution in [0.4, 0.5) is 10.1 Å². The predicted molar refractivity (Wildman–Crippen MR) is 77.9 cm³/mol. The first kappa shape index (κ1) is 13.7. The average Bonchev–Trinajstić information content (AvgIpc) is 2.31. The van der Waals surface area contributed by atoms with Crippen LogP contribution in [0, 0.1) is 5.82 Å². The van der Waals surface area contributed by atoms with E-state index in [1.807, 2.05) is 12.1 Å². The molecule has 0 amide bonds. The highest BCUT2D eigenvalue weighted by molar-refractivity contribution is 9.10. The fourth-order valence-electron chi connectivity index (χ4n) is 1.52. The molecule has 2 rings (SSSR count). The summed E-state index contributed by atoms with van der Waals surface area (Å²) in [5.41, 5.74) is 1.16. The normalized spacial score (nSPS) is 10.4. The van der Waals surface area contributed by atoms with Crippen LogP contribution in [0.1, 0.15) is 5.56 Å². The third-order valence-electron chi connectivity index (χ3n) is 2.43. The molecular weight excluding hydrogens is 340 g/mol. The number of nitrogens with one attached hydrogen (secondary N) is 1. The molecular formula is C13H9BrCl2FN. The van der Waals surface area contributed by atoms with Crippen LogP contribution in [0.15, 0.2) is 40.9 Å².